The van der Waals surface area contributed by atoms with E-state index in [1.165, 1.54) is 0 Å². The number of rotatable bonds is 8. The van der Waals surface area contributed by atoms with Crippen molar-refractivity contribution in [3.05, 3.63) is 59.2 Å². The van der Waals surface area contributed by atoms with Crippen LogP contribution in [0.15, 0.2) is 42.5 Å². The maximum atomic E-state index is 12.2. The number of aliphatic carboxylic acids is 1. The fraction of sp³-hybridized carbons (Fsp3) is 0.250. The molecule has 7 nitrogen and oxygen atoms in total. The Balaban J connectivity index is 2.46. The van der Waals surface area contributed by atoms with Gasteiger partial charge in [-0.1, -0.05) is 13.0 Å². The van der Waals surface area contributed by atoms with Crippen molar-refractivity contribution in [2.75, 3.05) is 11.9 Å². The number of amides is 1. The van der Waals surface area contributed by atoms with Crippen LogP contribution in [0.3, 0.4) is 0 Å². The zero-order valence-electron chi connectivity index (χ0n) is 15.2. The van der Waals surface area contributed by atoms with E-state index in [0.29, 0.717) is 22.6 Å². The maximum absolute atomic E-state index is 12.2. The molecule has 1 unspecified atom stereocenters. The van der Waals surface area contributed by atoms with Crippen molar-refractivity contribution in [1.29, 1.82) is 5.26 Å². The Labute approximate surface area is 157 Å². The number of hydrogen-bond donors (Lipinski definition) is 3. The number of aryl methyl sites for hydroxylation is 1. The van der Waals surface area contributed by atoms with Crippen molar-refractivity contribution in [1.82, 2.24) is 0 Å². The first-order chi connectivity index (χ1) is 12.8. The summed E-state index contributed by atoms with van der Waals surface area (Å²) in [7, 11) is 0. The normalized spacial score (nSPS) is 12.5. The van der Waals surface area contributed by atoms with Crippen LogP contribution < -0.4 is 15.8 Å². The van der Waals surface area contributed by atoms with Crippen molar-refractivity contribution in [2.45, 2.75) is 25.8 Å². The molecule has 0 aliphatic heterocycles. The van der Waals surface area contributed by atoms with Crippen LogP contribution in [0.1, 0.15) is 30.0 Å². The first-order valence-corrected chi connectivity index (χ1v) is 8.35. The van der Waals surface area contributed by atoms with Gasteiger partial charge in [-0.05, 0) is 60.9 Å². The van der Waals surface area contributed by atoms with Crippen LogP contribution in [0.5, 0.6) is 5.75 Å². The van der Waals surface area contributed by atoms with Crippen LogP contribution in [0, 0.1) is 18.3 Å². The molecule has 0 fully saturated rings. The quantitative estimate of drug-likeness (QED) is 0.658. The largest absolute Gasteiger partial charge is 0.484 e. The molecule has 0 saturated heterocycles. The summed E-state index contributed by atoms with van der Waals surface area (Å²) in [5, 5.41) is 22.0. The molecule has 140 valence electrons. The monoisotopic (exact) mass is 367 g/mol. The minimum atomic E-state index is -1.41. The lowest BCUT2D eigenvalue weighted by atomic mass is 9.85. The van der Waals surface area contributed by atoms with Crippen LogP contribution in [0.2, 0.25) is 0 Å². The van der Waals surface area contributed by atoms with Crippen LogP contribution in [-0.4, -0.2) is 23.6 Å². The summed E-state index contributed by atoms with van der Waals surface area (Å²) in [6.07, 6.45) is 0.251. The number of anilines is 1. The topological polar surface area (TPSA) is 125 Å². The lowest BCUT2D eigenvalue weighted by Gasteiger charge is -2.31. The zero-order valence-corrected chi connectivity index (χ0v) is 15.2. The highest BCUT2D eigenvalue weighted by Gasteiger charge is 2.39. The van der Waals surface area contributed by atoms with E-state index in [1.807, 2.05) is 13.0 Å². The Bertz CT molecular complexity index is 887. The standard InChI is InChI=1S/C20H21N3O4/c1-3-20(19(25)26,23-16-6-4-14(11-21)5-7-16)15-8-13(2)9-17(10-15)27-12-18(22)24/h4-10,23H,3,12H2,1-2H3,(H2,22,24)(H,25,26). The first-order valence-electron chi connectivity index (χ1n) is 8.35. The van der Waals surface area contributed by atoms with Gasteiger partial charge in [-0.3, -0.25) is 4.79 Å². The average molecular weight is 367 g/mol. The van der Waals surface area contributed by atoms with Crippen molar-refractivity contribution in [3.63, 3.8) is 0 Å². The van der Waals surface area contributed by atoms with Gasteiger partial charge in [0, 0.05) is 5.69 Å². The third kappa shape index (κ3) is 4.55. The number of carbonyl (C=O) groups excluding carboxylic acids is 1. The number of carboxylic acids is 1. The SMILES string of the molecule is CCC(Nc1ccc(C#N)cc1)(C(=O)O)c1cc(C)cc(OCC(N)=O)c1. The van der Waals surface area contributed by atoms with Crippen molar-refractivity contribution < 1.29 is 19.4 Å². The van der Waals surface area contributed by atoms with Crippen molar-refractivity contribution in [2.24, 2.45) is 5.73 Å². The molecule has 1 amide bonds. The summed E-state index contributed by atoms with van der Waals surface area (Å²) in [4.78, 5) is 23.2. The van der Waals surface area contributed by atoms with Gasteiger partial charge in [-0.2, -0.15) is 5.26 Å². The van der Waals surface area contributed by atoms with E-state index in [2.05, 4.69) is 5.32 Å². The van der Waals surface area contributed by atoms with Gasteiger partial charge >= 0.3 is 5.97 Å². The number of hydrogen-bond acceptors (Lipinski definition) is 5. The first kappa shape index (κ1) is 19.8. The molecule has 7 heteroatoms. The number of benzene rings is 2. The number of nitrogens with one attached hydrogen (secondary N) is 1. The molecule has 0 heterocycles. The van der Waals surface area contributed by atoms with Gasteiger partial charge in [0.2, 0.25) is 0 Å². The summed E-state index contributed by atoms with van der Waals surface area (Å²) in [5.41, 5.74) is 6.02. The van der Waals surface area contributed by atoms with E-state index < -0.39 is 17.4 Å². The molecule has 2 aromatic rings. The lowest BCUT2D eigenvalue weighted by molar-refractivity contribution is -0.142. The molecular formula is C20H21N3O4. The van der Waals surface area contributed by atoms with Crippen LogP contribution >= 0.6 is 0 Å². The number of carboxylic acid groups (broad SMARTS) is 1. The Morgan fingerprint density at radius 1 is 1.26 bits per heavy atom. The van der Waals surface area contributed by atoms with Gasteiger partial charge in [0.1, 0.15) is 5.75 Å². The summed E-state index contributed by atoms with van der Waals surface area (Å²) in [6, 6.07) is 13.6. The van der Waals surface area contributed by atoms with Gasteiger partial charge in [0.15, 0.2) is 12.1 Å². The predicted octanol–water partition coefficient (Wildman–Crippen LogP) is 2.53. The van der Waals surface area contributed by atoms with E-state index in [4.69, 9.17) is 15.7 Å². The third-order valence-electron chi connectivity index (χ3n) is 4.19. The van der Waals surface area contributed by atoms with Crippen molar-refractivity contribution in [3.8, 4) is 11.8 Å². The summed E-state index contributed by atoms with van der Waals surface area (Å²) < 4.78 is 5.36. The van der Waals surface area contributed by atoms with E-state index in [0.717, 1.165) is 5.56 Å². The molecule has 0 aromatic heterocycles. The molecular weight excluding hydrogens is 346 g/mol. The van der Waals surface area contributed by atoms with E-state index in [9.17, 15) is 14.7 Å². The lowest BCUT2D eigenvalue weighted by Crippen LogP contribution is -2.43. The molecule has 27 heavy (non-hydrogen) atoms. The Kier molecular flexibility index (Phi) is 6.03. The van der Waals surface area contributed by atoms with Crippen LogP contribution in [-0.2, 0) is 15.1 Å². The Hall–Kier alpha value is -3.53. The molecule has 0 radical (unpaired) electrons. The maximum Gasteiger partial charge on any atom is 0.334 e. The molecule has 0 bridgehead atoms. The summed E-state index contributed by atoms with van der Waals surface area (Å²) in [5.74, 6) is -1.31. The number of nitrogens with zero attached hydrogens (tertiary/aromatic N) is 1. The Morgan fingerprint density at radius 3 is 2.44 bits per heavy atom. The fourth-order valence-corrected chi connectivity index (χ4v) is 2.80. The van der Waals surface area contributed by atoms with E-state index in [-0.39, 0.29) is 13.0 Å². The molecule has 0 saturated carbocycles. The second kappa shape index (κ2) is 8.23. The molecule has 0 aliphatic carbocycles. The number of carbonyl (C=O) groups is 2. The van der Waals surface area contributed by atoms with E-state index in [1.54, 1.807) is 49.4 Å². The average Bonchev–Trinajstić information content (AvgIpc) is 2.64. The van der Waals surface area contributed by atoms with Gasteiger partial charge in [-0.25, -0.2) is 4.79 Å². The minimum Gasteiger partial charge on any atom is -0.484 e. The molecule has 1 atom stereocenters. The number of nitrogens with two attached hydrogens (primary N) is 1. The highest BCUT2D eigenvalue weighted by atomic mass is 16.5. The summed E-state index contributed by atoms with van der Waals surface area (Å²) >= 11 is 0. The number of nitriles is 1. The third-order valence-corrected chi connectivity index (χ3v) is 4.19. The molecule has 0 aliphatic rings. The van der Waals surface area contributed by atoms with Gasteiger partial charge in [-0.15, -0.1) is 0 Å². The summed E-state index contributed by atoms with van der Waals surface area (Å²) in [6.45, 7) is 3.28. The van der Waals surface area contributed by atoms with Gasteiger partial charge in [0.25, 0.3) is 5.91 Å². The number of primary amides is 1. The second-order valence-electron chi connectivity index (χ2n) is 6.17. The highest BCUT2D eigenvalue weighted by molar-refractivity contribution is 5.85. The van der Waals surface area contributed by atoms with Crippen molar-refractivity contribution >= 4 is 17.6 Å². The highest BCUT2D eigenvalue weighted by Crippen LogP contribution is 2.33. The van der Waals surface area contributed by atoms with Crippen LogP contribution in [0.4, 0.5) is 5.69 Å². The molecule has 2 aromatic carbocycles. The van der Waals surface area contributed by atoms with Gasteiger partial charge < -0.3 is 20.9 Å². The second-order valence-corrected chi connectivity index (χ2v) is 6.17. The minimum absolute atomic E-state index is 0.251. The predicted molar refractivity (Wildman–Crippen MR) is 100 cm³/mol. The van der Waals surface area contributed by atoms with E-state index >= 15 is 0 Å². The molecule has 2 rings (SSSR count). The van der Waals surface area contributed by atoms with Crippen LogP contribution in [0.25, 0.3) is 0 Å². The fourth-order valence-electron chi connectivity index (χ4n) is 2.80. The van der Waals surface area contributed by atoms with Gasteiger partial charge in [0.05, 0.1) is 11.6 Å². The smallest absolute Gasteiger partial charge is 0.334 e. The Morgan fingerprint density at radius 2 is 1.93 bits per heavy atom. The number of ether oxygens (including phenoxy) is 1. The zero-order chi connectivity index (χ0) is 20.0. The molecule has 0 spiro atoms. The molecule has 4 N–H and O–H groups in total.